The Hall–Kier alpha value is -2.91. The fourth-order valence-electron chi connectivity index (χ4n) is 3.62. The van der Waals surface area contributed by atoms with Gasteiger partial charge in [0.15, 0.2) is 6.61 Å². The standard InChI is InChI=1S/C23H28N2O6S/c1-15-6-5-7-20(10-15)24-32(28,29)21-11-19(9-8-16(21)2)23(27)30-14-22(26)25-12-17(3)31-18(4)13-25/h5-11,17-18,24H,12-14H2,1-4H3. The Labute approximate surface area is 188 Å². The molecule has 2 aromatic rings. The van der Waals surface area contributed by atoms with Gasteiger partial charge in [-0.05, 0) is 63.1 Å². The Morgan fingerprint density at radius 3 is 2.44 bits per heavy atom. The van der Waals surface area contributed by atoms with E-state index in [1.54, 1.807) is 30.0 Å². The van der Waals surface area contributed by atoms with E-state index in [1.165, 1.54) is 18.2 Å². The second-order valence-corrected chi connectivity index (χ2v) is 9.74. The number of carbonyl (C=O) groups is 2. The largest absolute Gasteiger partial charge is 0.452 e. The summed E-state index contributed by atoms with van der Waals surface area (Å²) in [5, 5.41) is 0. The average molecular weight is 461 g/mol. The highest BCUT2D eigenvalue weighted by Gasteiger charge is 2.27. The van der Waals surface area contributed by atoms with Crippen LogP contribution in [0.25, 0.3) is 0 Å². The van der Waals surface area contributed by atoms with E-state index in [-0.39, 0.29) is 28.6 Å². The van der Waals surface area contributed by atoms with Crippen LogP contribution >= 0.6 is 0 Å². The number of anilines is 1. The Morgan fingerprint density at radius 1 is 1.09 bits per heavy atom. The molecule has 3 rings (SSSR count). The van der Waals surface area contributed by atoms with Gasteiger partial charge >= 0.3 is 5.97 Å². The molecule has 2 unspecified atom stereocenters. The van der Waals surface area contributed by atoms with Crippen LogP contribution in [0.3, 0.4) is 0 Å². The highest BCUT2D eigenvalue weighted by atomic mass is 32.2. The molecular formula is C23H28N2O6S. The third-order valence-corrected chi connectivity index (χ3v) is 6.61. The summed E-state index contributed by atoms with van der Waals surface area (Å²) in [6, 6.07) is 11.3. The van der Waals surface area contributed by atoms with Crippen LogP contribution in [0.2, 0.25) is 0 Å². The zero-order valence-corrected chi connectivity index (χ0v) is 19.4. The van der Waals surface area contributed by atoms with Gasteiger partial charge in [-0.3, -0.25) is 9.52 Å². The maximum Gasteiger partial charge on any atom is 0.338 e. The maximum atomic E-state index is 12.9. The second kappa shape index (κ2) is 9.70. The number of benzene rings is 2. The third-order valence-electron chi connectivity index (χ3n) is 5.08. The molecule has 32 heavy (non-hydrogen) atoms. The van der Waals surface area contributed by atoms with E-state index in [0.29, 0.717) is 24.3 Å². The summed E-state index contributed by atoms with van der Waals surface area (Å²) in [4.78, 5) is 26.5. The van der Waals surface area contributed by atoms with Crippen molar-refractivity contribution >= 4 is 27.6 Å². The number of hydrogen-bond acceptors (Lipinski definition) is 6. The third kappa shape index (κ3) is 5.86. The molecule has 0 saturated carbocycles. The van der Waals surface area contributed by atoms with Gasteiger partial charge in [0.2, 0.25) is 0 Å². The van der Waals surface area contributed by atoms with E-state index in [2.05, 4.69) is 4.72 Å². The molecule has 0 spiro atoms. The number of esters is 1. The minimum Gasteiger partial charge on any atom is -0.452 e. The number of ether oxygens (including phenoxy) is 2. The van der Waals surface area contributed by atoms with Gasteiger partial charge in [0.1, 0.15) is 0 Å². The normalized spacial score (nSPS) is 18.8. The summed E-state index contributed by atoms with van der Waals surface area (Å²) >= 11 is 0. The van der Waals surface area contributed by atoms with Crippen molar-refractivity contribution in [1.29, 1.82) is 0 Å². The summed E-state index contributed by atoms with van der Waals surface area (Å²) in [5.41, 5.74) is 1.87. The maximum absolute atomic E-state index is 12.9. The lowest BCUT2D eigenvalue weighted by atomic mass is 10.1. The highest BCUT2D eigenvalue weighted by molar-refractivity contribution is 7.92. The molecule has 1 heterocycles. The number of sulfonamides is 1. The van der Waals surface area contributed by atoms with Crippen LogP contribution in [-0.2, 0) is 24.3 Å². The molecule has 2 atom stereocenters. The summed E-state index contributed by atoms with van der Waals surface area (Å²) in [7, 11) is -3.92. The lowest BCUT2D eigenvalue weighted by Crippen LogP contribution is -2.49. The van der Waals surface area contributed by atoms with E-state index in [0.717, 1.165) is 5.56 Å². The molecular weight excluding hydrogens is 432 g/mol. The van der Waals surface area contributed by atoms with E-state index >= 15 is 0 Å². The van der Waals surface area contributed by atoms with Crippen LogP contribution in [0.1, 0.15) is 35.3 Å². The van der Waals surface area contributed by atoms with Crippen molar-refractivity contribution < 1.29 is 27.5 Å². The first kappa shape index (κ1) is 23.7. The van der Waals surface area contributed by atoms with Crippen molar-refractivity contribution in [1.82, 2.24) is 4.90 Å². The van der Waals surface area contributed by atoms with E-state index in [4.69, 9.17) is 9.47 Å². The predicted molar refractivity (Wildman–Crippen MR) is 120 cm³/mol. The number of morpholine rings is 1. The van der Waals surface area contributed by atoms with Gasteiger partial charge in [-0.15, -0.1) is 0 Å². The Bertz CT molecular complexity index is 1110. The quantitative estimate of drug-likeness (QED) is 0.665. The second-order valence-electron chi connectivity index (χ2n) is 8.09. The van der Waals surface area contributed by atoms with Crippen LogP contribution in [0.4, 0.5) is 5.69 Å². The molecule has 1 aliphatic rings. The molecule has 8 nitrogen and oxygen atoms in total. The Kier molecular flexibility index (Phi) is 7.20. The molecule has 9 heteroatoms. The number of aryl methyl sites for hydroxylation is 2. The van der Waals surface area contributed by atoms with Crippen molar-refractivity contribution in [2.75, 3.05) is 24.4 Å². The molecule has 1 saturated heterocycles. The minimum atomic E-state index is -3.92. The topological polar surface area (TPSA) is 102 Å². The number of nitrogens with one attached hydrogen (secondary N) is 1. The number of nitrogens with zero attached hydrogens (tertiary/aromatic N) is 1. The summed E-state index contributed by atoms with van der Waals surface area (Å²) < 4.78 is 39.1. The fourth-order valence-corrected chi connectivity index (χ4v) is 4.94. The first-order valence-corrected chi connectivity index (χ1v) is 11.8. The van der Waals surface area contributed by atoms with E-state index in [9.17, 15) is 18.0 Å². The van der Waals surface area contributed by atoms with Gasteiger partial charge in [0.05, 0.1) is 22.7 Å². The van der Waals surface area contributed by atoms with Crippen molar-refractivity contribution in [2.24, 2.45) is 0 Å². The molecule has 0 bridgehead atoms. The van der Waals surface area contributed by atoms with Crippen molar-refractivity contribution in [2.45, 2.75) is 44.8 Å². The molecule has 1 aliphatic heterocycles. The van der Waals surface area contributed by atoms with Gasteiger partial charge in [-0.1, -0.05) is 18.2 Å². The van der Waals surface area contributed by atoms with Crippen LogP contribution in [0.5, 0.6) is 0 Å². The molecule has 0 radical (unpaired) electrons. The zero-order valence-electron chi connectivity index (χ0n) is 18.6. The Morgan fingerprint density at radius 2 is 1.78 bits per heavy atom. The van der Waals surface area contributed by atoms with Gasteiger partial charge in [0.25, 0.3) is 15.9 Å². The highest BCUT2D eigenvalue weighted by Crippen LogP contribution is 2.22. The fraction of sp³-hybridized carbons (Fsp3) is 0.391. The lowest BCUT2D eigenvalue weighted by Gasteiger charge is -2.35. The molecule has 0 aromatic heterocycles. The SMILES string of the molecule is Cc1cccc(NS(=O)(=O)c2cc(C(=O)OCC(=O)N3CC(C)OC(C)C3)ccc2C)c1. The number of rotatable bonds is 6. The average Bonchev–Trinajstić information content (AvgIpc) is 2.71. The van der Waals surface area contributed by atoms with Gasteiger partial charge in [-0.2, -0.15) is 0 Å². The number of amides is 1. The molecule has 1 fully saturated rings. The molecule has 1 amide bonds. The van der Waals surface area contributed by atoms with E-state index in [1.807, 2.05) is 26.8 Å². The lowest BCUT2D eigenvalue weighted by molar-refractivity contribution is -0.146. The van der Waals surface area contributed by atoms with Gasteiger partial charge in [-0.25, -0.2) is 13.2 Å². The smallest absolute Gasteiger partial charge is 0.338 e. The van der Waals surface area contributed by atoms with Crippen LogP contribution < -0.4 is 4.72 Å². The molecule has 2 aromatic carbocycles. The van der Waals surface area contributed by atoms with Gasteiger partial charge in [0, 0.05) is 18.8 Å². The van der Waals surface area contributed by atoms with E-state index < -0.39 is 22.6 Å². The molecule has 172 valence electrons. The van der Waals surface area contributed by atoms with Crippen molar-refractivity contribution in [3.8, 4) is 0 Å². The summed E-state index contributed by atoms with van der Waals surface area (Å²) in [6.45, 7) is 7.69. The number of hydrogen-bond donors (Lipinski definition) is 1. The predicted octanol–water partition coefficient (Wildman–Crippen LogP) is 2.90. The van der Waals surface area contributed by atoms with Crippen LogP contribution in [-0.4, -0.2) is 57.1 Å². The van der Waals surface area contributed by atoms with Crippen molar-refractivity contribution in [3.05, 3.63) is 59.2 Å². The summed E-state index contributed by atoms with van der Waals surface area (Å²) in [5.74, 6) is -1.08. The minimum absolute atomic E-state index is 0.0318. The number of carbonyl (C=O) groups excluding carboxylic acids is 2. The van der Waals surface area contributed by atoms with Crippen LogP contribution in [0, 0.1) is 13.8 Å². The summed E-state index contributed by atoms with van der Waals surface area (Å²) in [6.07, 6.45) is -0.187. The molecule has 0 aliphatic carbocycles. The zero-order chi connectivity index (χ0) is 23.5. The van der Waals surface area contributed by atoms with Gasteiger partial charge < -0.3 is 14.4 Å². The monoisotopic (exact) mass is 460 g/mol. The van der Waals surface area contributed by atoms with Crippen LogP contribution in [0.15, 0.2) is 47.4 Å². The molecule has 1 N–H and O–H groups in total. The van der Waals surface area contributed by atoms with Crippen molar-refractivity contribution in [3.63, 3.8) is 0 Å². The first-order valence-electron chi connectivity index (χ1n) is 10.4. The first-order chi connectivity index (χ1) is 15.0. The Balaban J connectivity index is 1.70.